The number of hydrogen-bond donors (Lipinski definition) is 2. The van der Waals surface area contributed by atoms with Crippen LogP contribution in [-0.4, -0.2) is 24.5 Å². The number of rotatable bonds is 5. The third-order valence-electron chi connectivity index (χ3n) is 4.06. The minimum atomic E-state index is -0.0646. The Morgan fingerprint density at radius 2 is 2.00 bits per heavy atom. The van der Waals surface area contributed by atoms with Crippen LogP contribution in [0.1, 0.15) is 53.4 Å². The van der Waals surface area contributed by atoms with E-state index in [9.17, 15) is 4.79 Å². The van der Waals surface area contributed by atoms with E-state index in [1.807, 2.05) is 0 Å². The maximum absolute atomic E-state index is 11.9. The molecule has 1 aliphatic heterocycles. The molecule has 0 aromatic heterocycles. The van der Waals surface area contributed by atoms with E-state index in [2.05, 4.69) is 38.3 Å². The van der Waals surface area contributed by atoms with Gasteiger partial charge < -0.3 is 10.6 Å². The van der Waals surface area contributed by atoms with E-state index < -0.39 is 0 Å². The Bertz CT molecular complexity index is 245. The standard InChI is InChI=1S/C14H28N2O/c1-5-14(3,4)16-13(17)10-11(2)12-6-8-15-9-7-12/h11-12,15H,5-10H2,1-4H3,(H,16,17). The van der Waals surface area contributed by atoms with Gasteiger partial charge in [-0.05, 0) is 58.0 Å². The topological polar surface area (TPSA) is 41.1 Å². The number of nitrogens with one attached hydrogen (secondary N) is 2. The van der Waals surface area contributed by atoms with Gasteiger partial charge in [0.25, 0.3) is 0 Å². The van der Waals surface area contributed by atoms with Crippen molar-refractivity contribution in [1.82, 2.24) is 10.6 Å². The Morgan fingerprint density at radius 3 is 2.53 bits per heavy atom. The second-order valence-electron chi connectivity index (χ2n) is 6.05. The molecule has 1 amide bonds. The zero-order valence-electron chi connectivity index (χ0n) is 11.8. The van der Waals surface area contributed by atoms with Crippen molar-refractivity contribution in [2.45, 2.75) is 58.9 Å². The molecule has 1 heterocycles. The number of carbonyl (C=O) groups excluding carboxylic acids is 1. The van der Waals surface area contributed by atoms with Gasteiger partial charge in [-0.2, -0.15) is 0 Å². The Kier molecular flexibility index (Phi) is 5.44. The fourth-order valence-corrected chi connectivity index (χ4v) is 2.39. The molecule has 0 aliphatic carbocycles. The molecule has 1 saturated heterocycles. The van der Waals surface area contributed by atoms with Crippen molar-refractivity contribution in [3.63, 3.8) is 0 Å². The highest BCUT2D eigenvalue weighted by Crippen LogP contribution is 2.24. The summed E-state index contributed by atoms with van der Waals surface area (Å²) in [5.74, 6) is 1.43. The zero-order chi connectivity index (χ0) is 12.9. The summed E-state index contributed by atoms with van der Waals surface area (Å²) in [6.07, 6.45) is 4.08. The van der Waals surface area contributed by atoms with Crippen molar-refractivity contribution >= 4 is 5.91 Å². The quantitative estimate of drug-likeness (QED) is 0.774. The third-order valence-corrected chi connectivity index (χ3v) is 4.06. The average Bonchev–Trinajstić information content (AvgIpc) is 2.29. The highest BCUT2D eigenvalue weighted by Gasteiger charge is 2.24. The molecule has 0 aromatic rings. The summed E-state index contributed by atoms with van der Waals surface area (Å²) >= 11 is 0. The molecule has 1 rings (SSSR count). The van der Waals surface area contributed by atoms with Crippen LogP contribution in [0.5, 0.6) is 0 Å². The Morgan fingerprint density at radius 1 is 1.41 bits per heavy atom. The van der Waals surface area contributed by atoms with Gasteiger partial charge in [0.15, 0.2) is 0 Å². The van der Waals surface area contributed by atoms with Gasteiger partial charge in [0.05, 0.1) is 0 Å². The predicted octanol–water partition coefficient (Wildman–Crippen LogP) is 2.32. The Balaban J connectivity index is 2.34. The summed E-state index contributed by atoms with van der Waals surface area (Å²) in [6.45, 7) is 10.7. The molecular formula is C14H28N2O. The molecule has 2 N–H and O–H groups in total. The van der Waals surface area contributed by atoms with Gasteiger partial charge in [0, 0.05) is 12.0 Å². The molecule has 3 heteroatoms. The molecule has 100 valence electrons. The minimum Gasteiger partial charge on any atom is -0.351 e. The average molecular weight is 240 g/mol. The molecule has 3 nitrogen and oxygen atoms in total. The van der Waals surface area contributed by atoms with Crippen molar-refractivity contribution in [1.29, 1.82) is 0 Å². The molecule has 1 aliphatic rings. The second-order valence-corrected chi connectivity index (χ2v) is 6.05. The molecule has 0 bridgehead atoms. The SMILES string of the molecule is CCC(C)(C)NC(=O)CC(C)C1CCNCC1. The summed E-state index contributed by atoms with van der Waals surface area (Å²) in [4.78, 5) is 11.9. The fraction of sp³-hybridized carbons (Fsp3) is 0.929. The van der Waals surface area contributed by atoms with Gasteiger partial charge >= 0.3 is 0 Å². The van der Waals surface area contributed by atoms with Crippen LogP contribution in [-0.2, 0) is 4.79 Å². The highest BCUT2D eigenvalue weighted by atomic mass is 16.1. The minimum absolute atomic E-state index is 0.0646. The van der Waals surface area contributed by atoms with Crippen LogP contribution in [0.15, 0.2) is 0 Å². The molecule has 1 unspecified atom stereocenters. The van der Waals surface area contributed by atoms with E-state index in [4.69, 9.17) is 0 Å². The molecule has 1 fully saturated rings. The number of amides is 1. The molecule has 0 aromatic carbocycles. The number of piperidine rings is 1. The van der Waals surface area contributed by atoms with Crippen molar-refractivity contribution in [2.75, 3.05) is 13.1 Å². The van der Waals surface area contributed by atoms with Crippen LogP contribution in [0.2, 0.25) is 0 Å². The van der Waals surface area contributed by atoms with Crippen LogP contribution in [0.4, 0.5) is 0 Å². The van der Waals surface area contributed by atoms with Gasteiger partial charge in [-0.1, -0.05) is 13.8 Å². The van der Waals surface area contributed by atoms with Crippen LogP contribution in [0.25, 0.3) is 0 Å². The Hall–Kier alpha value is -0.570. The maximum Gasteiger partial charge on any atom is 0.220 e. The summed E-state index contributed by atoms with van der Waals surface area (Å²) in [5, 5.41) is 6.49. The molecule has 1 atom stereocenters. The smallest absolute Gasteiger partial charge is 0.220 e. The molecule has 0 spiro atoms. The lowest BCUT2D eigenvalue weighted by Crippen LogP contribution is -2.44. The van der Waals surface area contributed by atoms with Crippen molar-refractivity contribution in [3.05, 3.63) is 0 Å². The molecule has 17 heavy (non-hydrogen) atoms. The van der Waals surface area contributed by atoms with Crippen molar-refractivity contribution in [2.24, 2.45) is 11.8 Å². The number of hydrogen-bond acceptors (Lipinski definition) is 2. The molecule has 0 radical (unpaired) electrons. The first-order chi connectivity index (χ1) is 7.94. The van der Waals surface area contributed by atoms with Gasteiger partial charge in [0.1, 0.15) is 0 Å². The van der Waals surface area contributed by atoms with E-state index in [-0.39, 0.29) is 11.4 Å². The fourth-order valence-electron chi connectivity index (χ4n) is 2.39. The van der Waals surface area contributed by atoms with Gasteiger partial charge in [-0.3, -0.25) is 4.79 Å². The zero-order valence-corrected chi connectivity index (χ0v) is 11.8. The largest absolute Gasteiger partial charge is 0.351 e. The van der Waals surface area contributed by atoms with Crippen LogP contribution in [0, 0.1) is 11.8 Å². The molecule has 0 saturated carbocycles. The van der Waals surface area contributed by atoms with Crippen LogP contribution >= 0.6 is 0 Å². The first-order valence-electron chi connectivity index (χ1n) is 6.96. The Labute approximate surface area is 106 Å². The number of carbonyl (C=O) groups is 1. The lowest BCUT2D eigenvalue weighted by atomic mass is 9.84. The van der Waals surface area contributed by atoms with Gasteiger partial charge in [0.2, 0.25) is 5.91 Å². The van der Waals surface area contributed by atoms with Gasteiger partial charge in [-0.25, -0.2) is 0 Å². The summed E-state index contributed by atoms with van der Waals surface area (Å²) < 4.78 is 0. The van der Waals surface area contributed by atoms with Crippen LogP contribution < -0.4 is 10.6 Å². The normalized spacial score (nSPS) is 20.0. The summed E-state index contributed by atoms with van der Waals surface area (Å²) in [7, 11) is 0. The molecular weight excluding hydrogens is 212 g/mol. The van der Waals surface area contributed by atoms with Crippen LogP contribution in [0.3, 0.4) is 0 Å². The van der Waals surface area contributed by atoms with E-state index in [1.54, 1.807) is 0 Å². The van der Waals surface area contributed by atoms with E-state index in [0.717, 1.165) is 19.5 Å². The van der Waals surface area contributed by atoms with E-state index >= 15 is 0 Å². The monoisotopic (exact) mass is 240 g/mol. The summed E-state index contributed by atoms with van der Waals surface area (Å²) in [5.41, 5.74) is -0.0646. The lowest BCUT2D eigenvalue weighted by molar-refractivity contribution is -0.124. The van der Waals surface area contributed by atoms with E-state index in [1.165, 1.54) is 12.8 Å². The third kappa shape index (κ3) is 5.07. The summed E-state index contributed by atoms with van der Waals surface area (Å²) in [6, 6.07) is 0. The maximum atomic E-state index is 11.9. The first kappa shape index (κ1) is 14.5. The second kappa shape index (κ2) is 6.39. The van der Waals surface area contributed by atoms with Crippen molar-refractivity contribution < 1.29 is 4.79 Å². The predicted molar refractivity (Wildman–Crippen MR) is 71.9 cm³/mol. The van der Waals surface area contributed by atoms with Crippen molar-refractivity contribution in [3.8, 4) is 0 Å². The first-order valence-corrected chi connectivity index (χ1v) is 6.96. The van der Waals surface area contributed by atoms with Gasteiger partial charge in [-0.15, -0.1) is 0 Å². The highest BCUT2D eigenvalue weighted by molar-refractivity contribution is 5.76. The lowest BCUT2D eigenvalue weighted by Gasteiger charge is -2.30. The van der Waals surface area contributed by atoms with E-state index in [0.29, 0.717) is 18.3 Å².